The van der Waals surface area contributed by atoms with Gasteiger partial charge in [0.1, 0.15) is 16.5 Å². The summed E-state index contributed by atoms with van der Waals surface area (Å²) in [6, 6.07) is 10.6. The van der Waals surface area contributed by atoms with E-state index in [-0.39, 0.29) is 38.6 Å². The van der Waals surface area contributed by atoms with Gasteiger partial charge < -0.3 is 14.8 Å². The topological polar surface area (TPSA) is 84.9 Å². The van der Waals surface area contributed by atoms with Crippen LogP contribution in [-0.2, 0) is 19.6 Å². The van der Waals surface area contributed by atoms with E-state index < -0.39 is 26.6 Å². The van der Waals surface area contributed by atoms with Crippen LogP contribution < -0.4 is 10.1 Å². The number of halogens is 1. The first kappa shape index (κ1) is 20.2. The lowest BCUT2D eigenvalue weighted by atomic mass is 10.2. The predicted molar refractivity (Wildman–Crippen MR) is 101 cm³/mol. The molecule has 0 spiro atoms. The first-order valence-corrected chi connectivity index (χ1v) is 10.2. The second kappa shape index (κ2) is 8.68. The van der Waals surface area contributed by atoms with Crippen LogP contribution in [0.2, 0.25) is 0 Å². The summed E-state index contributed by atoms with van der Waals surface area (Å²) in [5.74, 6) is -0.822. The molecule has 0 radical (unpaired) electrons. The van der Waals surface area contributed by atoms with Gasteiger partial charge in [-0.05, 0) is 37.3 Å². The molecule has 1 fully saturated rings. The fourth-order valence-corrected chi connectivity index (χ4v) is 4.18. The molecule has 0 unspecified atom stereocenters. The minimum atomic E-state index is -4.01. The van der Waals surface area contributed by atoms with E-state index in [4.69, 9.17) is 9.47 Å². The Hall–Kier alpha value is -2.49. The van der Waals surface area contributed by atoms with Gasteiger partial charge in [0.15, 0.2) is 6.61 Å². The number of nitrogens with one attached hydrogen (secondary N) is 1. The minimum Gasteiger partial charge on any atom is -0.484 e. The maximum Gasteiger partial charge on any atom is 0.262 e. The molecule has 3 rings (SSSR count). The van der Waals surface area contributed by atoms with Crippen LogP contribution in [0.5, 0.6) is 5.75 Å². The molecular formula is C19H21FN2O5S. The normalized spacial score (nSPS) is 15.2. The van der Waals surface area contributed by atoms with Crippen molar-refractivity contribution in [2.75, 3.05) is 38.2 Å². The Balaban J connectivity index is 1.68. The zero-order valence-corrected chi connectivity index (χ0v) is 16.2. The number of amides is 1. The van der Waals surface area contributed by atoms with Crippen LogP contribution >= 0.6 is 0 Å². The molecule has 1 saturated heterocycles. The molecule has 0 aliphatic carbocycles. The van der Waals surface area contributed by atoms with Crippen LogP contribution in [0, 0.1) is 12.7 Å². The van der Waals surface area contributed by atoms with Crippen LogP contribution in [0.25, 0.3) is 0 Å². The number of carbonyl (C=O) groups is 1. The van der Waals surface area contributed by atoms with Crippen LogP contribution in [-0.4, -0.2) is 51.5 Å². The first-order valence-electron chi connectivity index (χ1n) is 8.73. The van der Waals surface area contributed by atoms with E-state index in [0.717, 1.165) is 17.7 Å². The lowest BCUT2D eigenvalue weighted by Gasteiger charge is -2.26. The third-order valence-corrected chi connectivity index (χ3v) is 6.11. The van der Waals surface area contributed by atoms with Gasteiger partial charge in [0.25, 0.3) is 5.91 Å². The summed E-state index contributed by atoms with van der Waals surface area (Å²) in [6.07, 6.45) is 0. The van der Waals surface area contributed by atoms with Crippen molar-refractivity contribution < 1.29 is 27.1 Å². The maximum atomic E-state index is 14.2. The summed E-state index contributed by atoms with van der Waals surface area (Å²) in [7, 11) is -4.01. The van der Waals surface area contributed by atoms with Crippen molar-refractivity contribution in [2.45, 2.75) is 11.8 Å². The Morgan fingerprint density at radius 2 is 1.86 bits per heavy atom. The standard InChI is InChI=1S/C19H21FN2O5S/c1-14-2-5-16(6-3-14)27-13-19(23)21-15-4-7-17(20)18(12-15)28(24,25)22-8-10-26-11-9-22/h2-7,12H,8-11,13H2,1H3,(H,21,23). The molecule has 28 heavy (non-hydrogen) atoms. The SMILES string of the molecule is Cc1ccc(OCC(=O)Nc2ccc(F)c(S(=O)(=O)N3CCOCC3)c2)cc1. The van der Waals surface area contributed by atoms with Crippen molar-refractivity contribution in [1.29, 1.82) is 0 Å². The molecule has 2 aromatic carbocycles. The predicted octanol–water partition coefficient (Wildman–Crippen LogP) is 2.17. The molecule has 1 N–H and O–H groups in total. The van der Waals surface area contributed by atoms with Crippen molar-refractivity contribution in [3.05, 3.63) is 53.8 Å². The molecule has 1 aliphatic heterocycles. The summed E-state index contributed by atoms with van der Waals surface area (Å²) in [5.41, 5.74) is 1.24. The van der Waals surface area contributed by atoms with E-state index in [1.165, 1.54) is 10.4 Å². The molecular weight excluding hydrogens is 387 g/mol. The van der Waals surface area contributed by atoms with Crippen molar-refractivity contribution in [1.82, 2.24) is 4.31 Å². The second-order valence-corrected chi connectivity index (χ2v) is 8.22. The lowest BCUT2D eigenvalue weighted by Crippen LogP contribution is -2.40. The largest absolute Gasteiger partial charge is 0.484 e. The Labute approximate surface area is 163 Å². The highest BCUT2D eigenvalue weighted by atomic mass is 32.2. The summed E-state index contributed by atoms with van der Waals surface area (Å²) in [5, 5.41) is 2.53. The minimum absolute atomic E-state index is 0.156. The number of rotatable bonds is 6. The molecule has 1 aliphatic rings. The number of hydrogen-bond acceptors (Lipinski definition) is 5. The van der Waals surface area contributed by atoms with Crippen molar-refractivity contribution >= 4 is 21.6 Å². The Morgan fingerprint density at radius 3 is 2.54 bits per heavy atom. The third-order valence-electron chi connectivity index (χ3n) is 4.19. The number of anilines is 1. The van der Waals surface area contributed by atoms with E-state index in [1.54, 1.807) is 12.1 Å². The smallest absolute Gasteiger partial charge is 0.262 e. The molecule has 0 aromatic heterocycles. The number of nitrogens with zero attached hydrogens (tertiary/aromatic N) is 1. The lowest BCUT2D eigenvalue weighted by molar-refractivity contribution is -0.118. The zero-order valence-electron chi connectivity index (χ0n) is 15.4. The number of benzene rings is 2. The molecule has 1 heterocycles. The van der Waals surface area contributed by atoms with Gasteiger partial charge in [-0.3, -0.25) is 4.79 Å². The molecule has 0 atom stereocenters. The van der Waals surface area contributed by atoms with E-state index >= 15 is 0 Å². The summed E-state index contributed by atoms with van der Waals surface area (Å²) < 4.78 is 51.2. The number of morpholine rings is 1. The van der Waals surface area contributed by atoms with Gasteiger partial charge >= 0.3 is 0 Å². The van der Waals surface area contributed by atoms with E-state index in [9.17, 15) is 17.6 Å². The second-order valence-electron chi connectivity index (χ2n) is 6.31. The number of ether oxygens (including phenoxy) is 2. The highest BCUT2D eigenvalue weighted by Gasteiger charge is 2.29. The summed E-state index contributed by atoms with van der Waals surface area (Å²) in [4.78, 5) is 11.6. The average Bonchev–Trinajstić information content (AvgIpc) is 2.69. The van der Waals surface area contributed by atoms with Crippen LogP contribution in [0.15, 0.2) is 47.4 Å². The van der Waals surface area contributed by atoms with Crippen molar-refractivity contribution in [2.24, 2.45) is 0 Å². The fourth-order valence-electron chi connectivity index (χ4n) is 2.69. The number of carbonyl (C=O) groups excluding carboxylic acids is 1. The first-order chi connectivity index (χ1) is 13.4. The van der Waals surface area contributed by atoms with E-state index in [2.05, 4.69) is 5.32 Å². The number of aryl methyl sites for hydroxylation is 1. The molecule has 150 valence electrons. The van der Waals surface area contributed by atoms with Crippen LogP contribution in [0.4, 0.5) is 10.1 Å². The summed E-state index contributed by atoms with van der Waals surface area (Å²) in [6.45, 7) is 2.51. The molecule has 0 bridgehead atoms. The van der Waals surface area contributed by atoms with Gasteiger partial charge in [-0.1, -0.05) is 17.7 Å². The zero-order chi connectivity index (χ0) is 20.1. The molecule has 7 nitrogen and oxygen atoms in total. The van der Waals surface area contributed by atoms with Crippen LogP contribution in [0.3, 0.4) is 0 Å². The van der Waals surface area contributed by atoms with Gasteiger partial charge in [-0.2, -0.15) is 4.31 Å². The average molecular weight is 408 g/mol. The Bertz CT molecular complexity index is 941. The highest BCUT2D eigenvalue weighted by Crippen LogP contribution is 2.24. The highest BCUT2D eigenvalue weighted by molar-refractivity contribution is 7.89. The summed E-state index contributed by atoms with van der Waals surface area (Å²) >= 11 is 0. The molecule has 1 amide bonds. The van der Waals surface area contributed by atoms with Gasteiger partial charge in [0.2, 0.25) is 10.0 Å². The molecule has 2 aromatic rings. The molecule has 0 saturated carbocycles. The van der Waals surface area contributed by atoms with Crippen molar-refractivity contribution in [3.63, 3.8) is 0 Å². The van der Waals surface area contributed by atoms with E-state index in [1.807, 2.05) is 19.1 Å². The van der Waals surface area contributed by atoms with Crippen molar-refractivity contribution in [3.8, 4) is 5.75 Å². The number of hydrogen-bond donors (Lipinski definition) is 1. The maximum absolute atomic E-state index is 14.2. The molecule has 9 heteroatoms. The quantitative estimate of drug-likeness (QED) is 0.792. The Morgan fingerprint density at radius 1 is 1.18 bits per heavy atom. The van der Waals surface area contributed by atoms with Gasteiger partial charge in [-0.25, -0.2) is 12.8 Å². The third kappa shape index (κ3) is 4.86. The van der Waals surface area contributed by atoms with Gasteiger partial charge in [0, 0.05) is 18.8 Å². The number of sulfonamides is 1. The van der Waals surface area contributed by atoms with E-state index in [0.29, 0.717) is 5.75 Å². The van der Waals surface area contributed by atoms with Gasteiger partial charge in [0.05, 0.1) is 13.2 Å². The Kier molecular flexibility index (Phi) is 6.28. The van der Waals surface area contributed by atoms with Crippen LogP contribution in [0.1, 0.15) is 5.56 Å². The monoisotopic (exact) mass is 408 g/mol. The fraction of sp³-hybridized carbons (Fsp3) is 0.316. The van der Waals surface area contributed by atoms with Gasteiger partial charge in [-0.15, -0.1) is 0 Å².